The van der Waals surface area contributed by atoms with E-state index in [2.05, 4.69) is 15.5 Å². The second-order valence-electron chi connectivity index (χ2n) is 3.30. The van der Waals surface area contributed by atoms with Crippen LogP contribution < -0.4 is 10.1 Å². The minimum atomic E-state index is 0.678. The monoisotopic (exact) mass is 218 g/mol. The molecule has 1 heterocycles. The zero-order valence-electron chi connectivity index (χ0n) is 9.34. The van der Waals surface area contributed by atoms with Crippen molar-refractivity contribution >= 4 is 11.5 Å². The Morgan fingerprint density at radius 1 is 1.31 bits per heavy atom. The Morgan fingerprint density at radius 3 is 2.62 bits per heavy atom. The number of aryl methyl sites for hydroxylation is 1. The summed E-state index contributed by atoms with van der Waals surface area (Å²) >= 11 is 0. The highest BCUT2D eigenvalue weighted by atomic mass is 16.5. The Bertz CT molecular complexity index is 449. The molecule has 0 aliphatic heterocycles. The molecule has 1 N–H and O–H groups in total. The largest absolute Gasteiger partial charge is 0.494 e. The van der Waals surface area contributed by atoms with Crippen LogP contribution in [0.15, 0.2) is 30.5 Å². The number of benzene rings is 1. The van der Waals surface area contributed by atoms with Crippen LogP contribution in [0.2, 0.25) is 0 Å². The van der Waals surface area contributed by atoms with Crippen LogP contribution in [0, 0.1) is 0 Å². The fraction of sp³-hybridized carbons (Fsp3) is 0.273. The third-order valence-electron chi connectivity index (χ3n) is 2.04. The standard InChI is InChI=1S/C11H14N4O/c1-3-16-10-6-4-9(5-7-10)13-11-8-12-15(2)14-11/h4-8H,3H2,1-2H3,(H,13,14). The molecule has 0 saturated carbocycles. The Hall–Kier alpha value is -2.04. The maximum Gasteiger partial charge on any atom is 0.172 e. The number of rotatable bonds is 4. The van der Waals surface area contributed by atoms with Gasteiger partial charge < -0.3 is 10.1 Å². The normalized spacial score (nSPS) is 10.1. The van der Waals surface area contributed by atoms with E-state index in [1.54, 1.807) is 13.2 Å². The van der Waals surface area contributed by atoms with Crippen LogP contribution in [-0.2, 0) is 7.05 Å². The number of anilines is 2. The van der Waals surface area contributed by atoms with Gasteiger partial charge in [0.1, 0.15) is 5.75 Å². The lowest BCUT2D eigenvalue weighted by Crippen LogP contribution is -1.95. The highest BCUT2D eigenvalue weighted by molar-refractivity contribution is 5.55. The van der Waals surface area contributed by atoms with Gasteiger partial charge in [-0.2, -0.15) is 9.90 Å². The van der Waals surface area contributed by atoms with Gasteiger partial charge in [-0.05, 0) is 31.2 Å². The topological polar surface area (TPSA) is 52.0 Å². The second-order valence-corrected chi connectivity index (χ2v) is 3.30. The number of hydrogen-bond donors (Lipinski definition) is 1. The molecule has 0 spiro atoms. The lowest BCUT2D eigenvalue weighted by atomic mass is 10.3. The zero-order valence-corrected chi connectivity index (χ0v) is 9.34. The molecule has 0 aliphatic rings. The van der Waals surface area contributed by atoms with E-state index in [4.69, 9.17) is 4.74 Å². The molecule has 16 heavy (non-hydrogen) atoms. The van der Waals surface area contributed by atoms with E-state index in [1.807, 2.05) is 31.2 Å². The van der Waals surface area contributed by atoms with E-state index in [1.165, 1.54) is 4.80 Å². The summed E-state index contributed by atoms with van der Waals surface area (Å²) in [6.07, 6.45) is 1.68. The van der Waals surface area contributed by atoms with Gasteiger partial charge in [-0.1, -0.05) is 0 Å². The third-order valence-corrected chi connectivity index (χ3v) is 2.04. The molecule has 0 radical (unpaired) electrons. The molecule has 5 nitrogen and oxygen atoms in total. The van der Waals surface area contributed by atoms with E-state index in [0.29, 0.717) is 6.61 Å². The first-order valence-electron chi connectivity index (χ1n) is 5.14. The average molecular weight is 218 g/mol. The van der Waals surface area contributed by atoms with E-state index >= 15 is 0 Å². The summed E-state index contributed by atoms with van der Waals surface area (Å²) in [5, 5.41) is 11.3. The predicted octanol–water partition coefficient (Wildman–Crippen LogP) is 1.96. The number of nitrogens with one attached hydrogen (secondary N) is 1. The minimum Gasteiger partial charge on any atom is -0.494 e. The van der Waals surface area contributed by atoms with Gasteiger partial charge >= 0.3 is 0 Å². The fourth-order valence-corrected chi connectivity index (χ4v) is 1.35. The van der Waals surface area contributed by atoms with Crippen LogP contribution in [0.1, 0.15) is 6.92 Å². The minimum absolute atomic E-state index is 0.678. The van der Waals surface area contributed by atoms with Crippen molar-refractivity contribution in [2.24, 2.45) is 7.05 Å². The lowest BCUT2D eigenvalue weighted by Gasteiger charge is -2.05. The van der Waals surface area contributed by atoms with E-state index in [0.717, 1.165) is 17.3 Å². The predicted molar refractivity (Wildman–Crippen MR) is 61.9 cm³/mol. The Morgan fingerprint density at radius 2 is 2.06 bits per heavy atom. The van der Waals surface area contributed by atoms with Crippen molar-refractivity contribution < 1.29 is 4.74 Å². The van der Waals surface area contributed by atoms with Gasteiger partial charge in [-0.3, -0.25) is 0 Å². The van der Waals surface area contributed by atoms with Crippen LogP contribution in [0.5, 0.6) is 5.75 Å². The van der Waals surface area contributed by atoms with Gasteiger partial charge in [0, 0.05) is 12.7 Å². The number of hydrogen-bond acceptors (Lipinski definition) is 4. The zero-order chi connectivity index (χ0) is 11.4. The van der Waals surface area contributed by atoms with Crippen molar-refractivity contribution in [3.05, 3.63) is 30.5 Å². The molecule has 0 aliphatic carbocycles. The van der Waals surface area contributed by atoms with Gasteiger partial charge in [0.2, 0.25) is 0 Å². The molecule has 0 unspecified atom stereocenters. The summed E-state index contributed by atoms with van der Waals surface area (Å²) in [5.74, 6) is 1.60. The molecule has 0 saturated heterocycles. The van der Waals surface area contributed by atoms with Gasteiger partial charge in [0.05, 0.1) is 12.8 Å². The molecule has 84 valence electrons. The van der Waals surface area contributed by atoms with Crippen molar-refractivity contribution in [2.45, 2.75) is 6.92 Å². The second kappa shape index (κ2) is 4.65. The SMILES string of the molecule is CCOc1ccc(Nc2cnn(C)n2)cc1. The molecule has 0 bridgehead atoms. The molecule has 1 aromatic heterocycles. The molecule has 0 amide bonds. The van der Waals surface area contributed by atoms with Crippen LogP contribution in [0.3, 0.4) is 0 Å². The summed E-state index contributed by atoms with van der Waals surface area (Å²) in [5.41, 5.74) is 0.962. The van der Waals surface area contributed by atoms with Gasteiger partial charge in [-0.15, -0.1) is 5.10 Å². The van der Waals surface area contributed by atoms with Crippen molar-refractivity contribution in [3.63, 3.8) is 0 Å². The van der Waals surface area contributed by atoms with E-state index < -0.39 is 0 Å². The summed E-state index contributed by atoms with van der Waals surface area (Å²) in [4.78, 5) is 1.51. The first kappa shape index (κ1) is 10.5. The van der Waals surface area contributed by atoms with Crippen LogP contribution >= 0.6 is 0 Å². The van der Waals surface area contributed by atoms with Crippen LogP contribution in [-0.4, -0.2) is 21.6 Å². The number of nitrogens with zero attached hydrogens (tertiary/aromatic N) is 3. The van der Waals surface area contributed by atoms with Crippen molar-refractivity contribution in [1.82, 2.24) is 15.0 Å². The molecule has 0 atom stereocenters. The maximum absolute atomic E-state index is 5.36. The van der Waals surface area contributed by atoms with Gasteiger partial charge in [0.15, 0.2) is 5.82 Å². The number of ether oxygens (including phenoxy) is 1. The summed E-state index contributed by atoms with van der Waals surface area (Å²) in [7, 11) is 1.78. The summed E-state index contributed by atoms with van der Waals surface area (Å²) < 4.78 is 5.36. The van der Waals surface area contributed by atoms with Crippen molar-refractivity contribution in [2.75, 3.05) is 11.9 Å². The highest BCUT2D eigenvalue weighted by Gasteiger charge is 1.98. The third kappa shape index (κ3) is 2.50. The molecule has 5 heteroatoms. The Labute approximate surface area is 94.0 Å². The maximum atomic E-state index is 5.36. The molecule has 2 rings (SSSR count). The van der Waals surface area contributed by atoms with E-state index in [-0.39, 0.29) is 0 Å². The molecule has 0 fully saturated rings. The summed E-state index contributed by atoms with van der Waals surface area (Å²) in [6, 6.07) is 7.73. The lowest BCUT2D eigenvalue weighted by molar-refractivity contribution is 0.340. The van der Waals surface area contributed by atoms with Gasteiger partial charge in [0.25, 0.3) is 0 Å². The summed E-state index contributed by atoms with van der Waals surface area (Å²) in [6.45, 7) is 2.64. The molecular formula is C11H14N4O. The van der Waals surface area contributed by atoms with E-state index in [9.17, 15) is 0 Å². The van der Waals surface area contributed by atoms with Crippen LogP contribution in [0.25, 0.3) is 0 Å². The number of aromatic nitrogens is 3. The Balaban J connectivity index is 2.05. The first-order valence-corrected chi connectivity index (χ1v) is 5.14. The first-order chi connectivity index (χ1) is 7.78. The van der Waals surface area contributed by atoms with Gasteiger partial charge in [-0.25, -0.2) is 0 Å². The fourth-order valence-electron chi connectivity index (χ4n) is 1.35. The molecule has 1 aromatic carbocycles. The van der Waals surface area contributed by atoms with Crippen LogP contribution in [0.4, 0.5) is 11.5 Å². The smallest absolute Gasteiger partial charge is 0.172 e. The quantitative estimate of drug-likeness (QED) is 0.852. The molecular weight excluding hydrogens is 204 g/mol. The molecule has 2 aromatic rings. The van der Waals surface area contributed by atoms with Crippen molar-refractivity contribution in [1.29, 1.82) is 0 Å². The Kier molecular flexibility index (Phi) is 3.05. The van der Waals surface area contributed by atoms with Crippen molar-refractivity contribution in [3.8, 4) is 5.75 Å². The highest BCUT2D eigenvalue weighted by Crippen LogP contribution is 2.18. The average Bonchev–Trinajstić information content (AvgIpc) is 2.67.